The molecule has 4 nitrogen and oxygen atoms in total. The van der Waals surface area contributed by atoms with Crippen LogP contribution in [-0.2, 0) is 11.3 Å². The summed E-state index contributed by atoms with van der Waals surface area (Å²) in [4.78, 5) is 5.59. The molecule has 1 saturated heterocycles. The largest absolute Gasteiger partial charge is 1.00 e. The Morgan fingerprint density at radius 1 is 1.33 bits per heavy atom. The number of hydrogen-bond acceptors (Lipinski definition) is 3. The molecule has 0 spiro atoms. The van der Waals surface area contributed by atoms with Crippen molar-refractivity contribution in [2.45, 2.75) is 6.54 Å². The van der Waals surface area contributed by atoms with E-state index in [1.165, 1.54) is 10.9 Å². The van der Waals surface area contributed by atoms with Crippen LogP contribution in [0, 0.1) is 0 Å². The van der Waals surface area contributed by atoms with E-state index < -0.39 is 0 Å². The van der Waals surface area contributed by atoms with E-state index in [1.54, 1.807) is 12.1 Å². The van der Waals surface area contributed by atoms with Gasteiger partial charge in [0.25, 0.3) is 0 Å². The summed E-state index contributed by atoms with van der Waals surface area (Å²) in [5, 5.41) is 10.6. The molecule has 1 fully saturated rings. The minimum absolute atomic E-state index is 0. The van der Waals surface area contributed by atoms with Gasteiger partial charge in [0.05, 0.1) is 13.2 Å². The molecule has 0 amide bonds. The second kappa shape index (κ2) is 6.08. The van der Waals surface area contributed by atoms with Crippen LogP contribution < -0.4 is 29.6 Å². The number of nitrogens with zero attached hydrogens (tertiary/aromatic N) is 1. The number of morpholine rings is 1. The summed E-state index contributed by atoms with van der Waals surface area (Å²) < 4.78 is 5.34. The van der Waals surface area contributed by atoms with Gasteiger partial charge in [-0.3, -0.25) is 4.90 Å². The Labute approximate surface area is 130 Å². The number of nitrogens with one attached hydrogen (secondary N) is 1. The molecule has 1 aromatic carbocycles. The SMILES string of the molecule is Oc1ccc2c(CN3CCOCC3)c[nH]c2c1.[H-].[Na+]. The standard InChI is InChI=1S/C13H16N2O2.Na.H/c16-11-1-2-12-10(8-14-13(12)7-11)9-15-3-5-17-6-4-15;;/h1-2,7-8,14,16H,3-6,9H2;;/q;+1;-1. The summed E-state index contributed by atoms with van der Waals surface area (Å²) >= 11 is 0. The molecule has 92 valence electrons. The number of phenolic OH excluding ortho intramolecular Hbond substituents is 1. The van der Waals surface area contributed by atoms with Crippen molar-refractivity contribution < 1.29 is 40.8 Å². The van der Waals surface area contributed by atoms with Crippen molar-refractivity contribution in [2.75, 3.05) is 26.3 Å². The second-order valence-electron chi connectivity index (χ2n) is 4.43. The van der Waals surface area contributed by atoms with Crippen molar-refractivity contribution in [3.8, 4) is 5.75 Å². The first-order valence-electron chi connectivity index (χ1n) is 5.92. The molecule has 0 bridgehead atoms. The molecular formula is C13H17N2NaO2. The molecule has 0 unspecified atom stereocenters. The van der Waals surface area contributed by atoms with E-state index in [0.717, 1.165) is 38.4 Å². The van der Waals surface area contributed by atoms with E-state index in [-0.39, 0.29) is 31.0 Å². The molecule has 1 aliphatic rings. The van der Waals surface area contributed by atoms with E-state index in [4.69, 9.17) is 4.74 Å². The monoisotopic (exact) mass is 256 g/mol. The van der Waals surface area contributed by atoms with Gasteiger partial charge in [0.15, 0.2) is 0 Å². The van der Waals surface area contributed by atoms with Crippen LogP contribution >= 0.6 is 0 Å². The van der Waals surface area contributed by atoms with Crippen LogP contribution in [0.5, 0.6) is 5.75 Å². The van der Waals surface area contributed by atoms with Crippen LogP contribution in [0.25, 0.3) is 10.9 Å². The third-order valence-corrected chi connectivity index (χ3v) is 3.25. The third-order valence-electron chi connectivity index (χ3n) is 3.25. The molecular weight excluding hydrogens is 239 g/mol. The number of phenols is 1. The number of aromatic hydroxyl groups is 1. The van der Waals surface area contributed by atoms with E-state index >= 15 is 0 Å². The predicted octanol–water partition coefficient (Wildman–Crippen LogP) is -1.18. The Hall–Kier alpha value is -0.520. The first kappa shape index (κ1) is 13.9. The van der Waals surface area contributed by atoms with Crippen molar-refractivity contribution >= 4 is 10.9 Å². The van der Waals surface area contributed by atoms with E-state index in [2.05, 4.69) is 9.88 Å². The Bertz CT molecular complexity index is 526. The van der Waals surface area contributed by atoms with E-state index in [1.807, 2.05) is 12.3 Å². The maximum absolute atomic E-state index is 9.41. The van der Waals surface area contributed by atoms with Gasteiger partial charge < -0.3 is 16.3 Å². The molecule has 0 atom stereocenters. The molecule has 3 rings (SSSR count). The number of aromatic nitrogens is 1. The summed E-state index contributed by atoms with van der Waals surface area (Å²) in [5.41, 5.74) is 2.27. The second-order valence-corrected chi connectivity index (χ2v) is 4.43. The van der Waals surface area contributed by atoms with Gasteiger partial charge in [-0.25, -0.2) is 0 Å². The molecule has 5 heteroatoms. The zero-order valence-corrected chi connectivity index (χ0v) is 12.6. The van der Waals surface area contributed by atoms with Gasteiger partial charge in [-0.15, -0.1) is 0 Å². The quantitative estimate of drug-likeness (QED) is 0.665. The van der Waals surface area contributed by atoms with Crippen LogP contribution in [0.4, 0.5) is 0 Å². The number of aromatic amines is 1. The smallest absolute Gasteiger partial charge is 1.00 e. The number of H-pyrrole nitrogens is 1. The Morgan fingerprint density at radius 3 is 2.89 bits per heavy atom. The average molecular weight is 256 g/mol. The normalized spacial score (nSPS) is 16.7. The summed E-state index contributed by atoms with van der Waals surface area (Å²) in [7, 11) is 0. The van der Waals surface area contributed by atoms with Gasteiger partial charge in [0.1, 0.15) is 5.75 Å². The first-order chi connectivity index (χ1) is 8.33. The van der Waals surface area contributed by atoms with Gasteiger partial charge in [-0.2, -0.15) is 0 Å². The molecule has 2 heterocycles. The number of hydrogen-bond donors (Lipinski definition) is 2. The Morgan fingerprint density at radius 2 is 2.11 bits per heavy atom. The summed E-state index contributed by atoms with van der Waals surface area (Å²) in [6.07, 6.45) is 2.03. The minimum atomic E-state index is 0. The minimum Gasteiger partial charge on any atom is -1.00 e. The number of rotatable bonds is 2. The van der Waals surface area contributed by atoms with Crippen molar-refractivity contribution in [2.24, 2.45) is 0 Å². The number of fused-ring (bicyclic) bond motifs is 1. The van der Waals surface area contributed by atoms with Gasteiger partial charge >= 0.3 is 29.6 Å². The molecule has 2 N–H and O–H groups in total. The van der Waals surface area contributed by atoms with Crippen LogP contribution in [0.1, 0.15) is 6.99 Å². The topological polar surface area (TPSA) is 48.5 Å². The van der Waals surface area contributed by atoms with Crippen LogP contribution in [0.2, 0.25) is 0 Å². The summed E-state index contributed by atoms with van der Waals surface area (Å²) in [6.45, 7) is 4.57. The Balaban J connectivity index is 0.000000902. The van der Waals surface area contributed by atoms with Crippen LogP contribution in [0.3, 0.4) is 0 Å². The number of benzene rings is 1. The van der Waals surface area contributed by atoms with Gasteiger partial charge in [0.2, 0.25) is 0 Å². The predicted molar refractivity (Wildman–Crippen MR) is 67.2 cm³/mol. The van der Waals surface area contributed by atoms with Crippen LogP contribution in [0.15, 0.2) is 24.4 Å². The average Bonchev–Trinajstić information content (AvgIpc) is 2.73. The van der Waals surface area contributed by atoms with Crippen LogP contribution in [-0.4, -0.2) is 41.3 Å². The molecule has 0 saturated carbocycles. The fraction of sp³-hybridized carbons (Fsp3) is 0.385. The van der Waals surface area contributed by atoms with Crippen molar-refractivity contribution in [3.05, 3.63) is 30.0 Å². The van der Waals surface area contributed by atoms with Gasteiger partial charge in [-0.05, 0) is 17.7 Å². The number of ether oxygens (including phenoxy) is 1. The zero-order valence-electron chi connectivity index (χ0n) is 11.6. The molecule has 0 aliphatic carbocycles. The molecule has 1 aromatic heterocycles. The maximum Gasteiger partial charge on any atom is 1.00 e. The van der Waals surface area contributed by atoms with Crippen molar-refractivity contribution in [1.82, 2.24) is 9.88 Å². The van der Waals surface area contributed by atoms with Gasteiger partial charge in [-0.1, -0.05) is 0 Å². The fourth-order valence-corrected chi connectivity index (χ4v) is 2.31. The van der Waals surface area contributed by atoms with Crippen molar-refractivity contribution in [1.29, 1.82) is 0 Å². The van der Waals surface area contributed by atoms with Crippen molar-refractivity contribution in [3.63, 3.8) is 0 Å². The van der Waals surface area contributed by atoms with E-state index in [9.17, 15) is 5.11 Å². The summed E-state index contributed by atoms with van der Waals surface area (Å²) in [5.74, 6) is 0.303. The molecule has 2 aromatic rings. The molecule has 1 aliphatic heterocycles. The summed E-state index contributed by atoms with van der Waals surface area (Å²) in [6, 6.07) is 5.47. The third kappa shape index (κ3) is 2.90. The fourth-order valence-electron chi connectivity index (χ4n) is 2.31. The van der Waals surface area contributed by atoms with Gasteiger partial charge in [0, 0.05) is 42.8 Å². The Kier molecular flexibility index (Phi) is 4.70. The molecule has 0 radical (unpaired) electrons. The first-order valence-corrected chi connectivity index (χ1v) is 5.92. The maximum atomic E-state index is 9.41. The van der Waals surface area contributed by atoms with E-state index in [0.29, 0.717) is 5.75 Å². The molecule has 18 heavy (non-hydrogen) atoms. The zero-order chi connectivity index (χ0) is 11.7.